The number of carbonyl (C=O) groups is 1. The van der Waals surface area contributed by atoms with Gasteiger partial charge in [0.05, 0.1) is 12.8 Å². The normalized spacial score (nSPS) is 16.6. The number of nitrogens with one attached hydrogen (secondary N) is 2. The van der Waals surface area contributed by atoms with Crippen LogP contribution >= 0.6 is 0 Å². The summed E-state index contributed by atoms with van der Waals surface area (Å²) < 4.78 is 5.15. The van der Waals surface area contributed by atoms with E-state index in [1.165, 1.54) is 0 Å². The molecule has 2 heterocycles. The second-order valence-corrected chi connectivity index (χ2v) is 6.99. The molecule has 2 N–H and O–H groups in total. The topological polar surface area (TPSA) is 70.2 Å². The first-order valence-electron chi connectivity index (χ1n) is 9.53. The number of aromatic nitrogens is 2. The standard InChI is InChI=1S/C22H24N4O2/c1-28-19-11-9-17(10-12-19)22(27)23-18-8-5-13-26(15-18)21-14-20(24-25-21)16-6-3-2-4-7-16/h2-4,6-7,9-12,14,18H,5,8,13,15H2,1H3,(H,23,27)(H,24,25)/t18-/m0/s1. The fraction of sp³-hybridized carbons (Fsp3) is 0.273. The van der Waals surface area contributed by atoms with Crippen molar-refractivity contribution in [2.24, 2.45) is 0 Å². The summed E-state index contributed by atoms with van der Waals surface area (Å²) in [5.41, 5.74) is 2.76. The molecule has 2 aromatic carbocycles. The Morgan fingerprint density at radius 2 is 1.96 bits per heavy atom. The third-order valence-corrected chi connectivity index (χ3v) is 5.08. The Morgan fingerprint density at radius 3 is 2.71 bits per heavy atom. The lowest BCUT2D eigenvalue weighted by Crippen LogP contribution is -2.48. The summed E-state index contributed by atoms with van der Waals surface area (Å²) in [6.45, 7) is 1.69. The number of H-pyrrole nitrogens is 1. The Bertz CT molecular complexity index is 921. The van der Waals surface area contributed by atoms with Crippen LogP contribution in [0.2, 0.25) is 0 Å². The van der Waals surface area contributed by atoms with Crippen LogP contribution in [0.3, 0.4) is 0 Å². The zero-order valence-electron chi connectivity index (χ0n) is 15.9. The van der Waals surface area contributed by atoms with Gasteiger partial charge in [-0.3, -0.25) is 9.89 Å². The first-order chi connectivity index (χ1) is 13.7. The summed E-state index contributed by atoms with van der Waals surface area (Å²) in [6, 6.07) is 19.5. The van der Waals surface area contributed by atoms with Gasteiger partial charge in [-0.1, -0.05) is 30.3 Å². The molecule has 0 bridgehead atoms. The number of anilines is 1. The first-order valence-corrected chi connectivity index (χ1v) is 9.53. The van der Waals surface area contributed by atoms with Crippen LogP contribution in [0.25, 0.3) is 11.3 Å². The van der Waals surface area contributed by atoms with E-state index in [2.05, 4.69) is 38.6 Å². The molecule has 1 atom stereocenters. The van der Waals surface area contributed by atoms with E-state index in [9.17, 15) is 4.79 Å². The van der Waals surface area contributed by atoms with E-state index in [-0.39, 0.29) is 11.9 Å². The van der Waals surface area contributed by atoms with Gasteiger partial charge in [0.25, 0.3) is 5.91 Å². The van der Waals surface area contributed by atoms with Crippen LogP contribution in [0, 0.1) is 0 Å². The quantitative estimate of drug-likeness (QED) is 0.715. The molecule has 144 valence electrons. The molecule has 6 nitrogen and oxygen atoms in total. The van der Waals surface area contributed by atoms with Crippen molar-refractivity contribution < 1.29 is 9.53 Å². The Morgan fingerprint density at radius 1 is 1.18 bits per heavy atom. The van der Waals surface area contributed by atoms with E-state index >= 15 is 0 Å². The van der Waals surface area contributed by atoms with Crippen molar-refractivity contribution in [3.8, 4) is 17.0 Å². The van der Waals surface area contributed by atoms with Crippen molar-refractivity contribution in [2.45, 2.75) is 18.9 Å². The van der Waals surface area contributed by atoms with E-state index in [0.29, 0.717) is 5.56 Å². The lowest BCUT2D eigenvalue weighted by molar-refractivity contribution is 0.0933. The molecule has 1 amide bonds. The van der Waals surface area contributed by atoms with Gasteiger partial charge in [-0.15, -0.1) is 0 Å². The molecular formula is C22H24N4O2. The molecule has 1 fully saturated rings. The van der Waals surface area contributed by atoms with Crippen molar-refractivity contribution in [3.05, 3.63) is 66.2 Å². The van der Waals surface area contributed by atoms with Crippen LogP contribution in [0.15, 0.2) is 60.7 Å². The molecule has 0 spiro atoms. The summed E-state index contributed by atoms with van der Waals surface area (Å²) in [5, 5.41) is 10.8. The van der Waals surface area contributed by atoms with Gasteiger partial charge in [0.15, 0.2) is 5.82 Å². The van der Waals surface area contributed by atoms with Crippen molar-refractivity contribution in [2.75, 3.05) is 25.1 Å². The molecule has 0 unspecified atom stereocenters. The van der Waals surface area contributed by atoms with E-state index in [4.69, 9.17) is 4.74 Å². The number of benzene rings is 2. The number of aromatic amines is 1. The third kappa shape index (κ3) is 4.01. The average molecular weight is 376 g/mol. The Hall–Kier alpha value is -3.28. The van der Waals surface area contributed by atoms with Crippen LogP contribution in [0.5, 0.6) is 5.75 Å². The van der Waals surface area contributed by atoms with E-state index in [0.717, 1.165) is 48.8 Å². The minimum Gasteiger partial charge on any atom is -0.497 e. The molecule has 0 saturated carbocycles. The molecule has 1 saturated heterocycles. The Kier molecular flexibility index (Phi) is 5.28. The molecule has 28 heavy (non-hydrogen) atoms. The number of carbonyl (C=O) groups excluding carboxylic acids is 1. The second kappa shape index (κ2) is 8.17. The van der Waals surface area contributed by atoms with Gasteiger partial charge < -0.3 is 15.0 Å². The maximum atomic E-state index is 12.6. The molecule has 6 heteroatoms. The summed E-state index contributed by atoms with van der Waals surface area (Å²) in [6.07, 6.45) is 1.98. The third-order valence-electron chi connectivity index (χ3n) is 5.08. The highest BCUT2D eigenvalue weighted by molar-refractivity contribution is 5.94. The number of ether oxygens (including phenoxy) is 1. The van der Waals surface area contributed by atoms with Gasteiger partial charge in [-0.25, -0.2) is 0 Å². The van der Waals surface area contributed by atoms with E-state index in [1.807, 2.05) is 18.2 Å². The van der Waals surface area contributed by atoms with Gasteiger partial charge >= 0.3 is 0 Å². The number of piperidine rings is 1. The van der Waals surface area contributed by atoms with Gasteiger partial charge in [0, 0.05) is 30.8 Å². The smallest absolute Gasteiger partial charge is 0.251 e. The highest BCUT2D eigenvalue weighted by Gasteiger charge is 2.23. The van der Waals surface area contributed by atoms with Crippen LogP contribution < -0.4 is 15.0 Å². The van der Waals surface area contributed by atoms with Crippen LogP contribution in [-0.2, 0) is 0 Å². The maximum absolute atomic E-state index is 12.6. The number of hydrogen-bond donors (Lipinski definition) is 2. The number of rotatable bonds is 5. The fourth-order valence-electron chi connectivity index (χ4n) is 3.55. The predicted molar refractivity (Wildman–Crippen MR) is 110 cm³/mol. The van der Waals surface area contributed by atoms with Gasteiger partial charge in [-0.05, 0) is 42.7 Å². The zero-order chi connectivity index (χ0) is 19.3. The molecule has 3 aromatic rings. The monoisotopic (exact) mass is 376 g/mol. The number of hydrogen-bond acceptors (Lipinski definition) is 4. The SMILES string of the molecule is COc1ccc(C(=O)N[C@H]2CCCN(c3cc(-c4ccccc4)[nH]n3)C2)cc1. The minimum absolute atomic E-state index is 0.0542. The molecule has 0 radical (unpaired) electrons. The van der Waals surface area contributed by atoms with Crippen molar-refractivity contribution in [1.82, 2.24) is 15.5 Å². The molecule has 1 aromatic heterocycles. The average Bonchev–Trinajstić information content (AvgIpc) is 3.25. The van der Waals surface area contributed by atoms with Crippen molar-refractivity contribution in [1.29, 1.82) is 0 Å². The van der Waals surface area contributed by atoms with Gasteiger partial charge in [0.1, 0.15) is 5.75 Å². The molecule has 0 aliphatic carbocycles. The summed E-state index contributed by atoms with van der Waals surface area (Å²) in [4.78, 5) is 14.8. The maximum Gasteiger partial charge on any atom is 0.251 e. The van der Waals surface area contributed by atoms with Gasteiger partial charge in [-0.2, -0.15) is 5.10 Å². The van der Waals surface area contributed by atoms with E-state index in [1.54, 1.807) is 31.4 Å². The Balaban J connectivity index is 1.40. The minimum atomic E-state index is -0.0542. The van der Waals surface area contributed by atoms with Crippen LogP contribution in [0.1, 0.15) is 23.2 Å². The highest BCUT2D eigenvalue weighted by atomic mass is 16.5. The van der Waals surface area contributed by atoms with Crippen LogP contribution in [-0.4, -0.2) is 42.3 Å². The lowest BCUT2D eigenvalue weighted by atomic mass is 10.0. The number of amides is 1. The number of nitrogens with zero attached hydrogens (tertiary/aromatic N) is 2. The Labute approximate surface area is 164 Å². The predicted octanol–water partition coefficient (Wildman–Crippen LogP) is 3.48. The fourth-order valence-corrected chi connectivity index (χ4v) is 3.55. The lowest BCUT2D eigenvalue weighted by Gasteiger charge is -2.33. The second-order valence-electron chi connectivity index (χ2n) is 6.99. The highest BCUT2D eigenvalue weighted by Crippen LogP contribution is 2.24. The van der Waals surface area contributed by atoms with Crippen molar-refractivity contribution >= 4 is 11.7 Å². The van der Waals surface area contributed by atoms with Crippen LogP contribution in [0.4, 0.5) is 5.82 Å². The molecule has 1 aliphatic rings. The molecular weight excluding hydrogens is 352 g/mol. The summed E-state index contributed by atoms with van der Waals surface area (Å²) in [7, 11) is 1.62. The molecule has 4 rings (SSSR count). The first kappa shape index (κ1) is 18.1. The van der Waals surface area contributed by atoms with Gasteiger partial charge in [0.2, 0.25) is 0 Å². The van der Waals surface area contributed by atoms with Crippen molar-refractivity contribution in [3.63, 3.8) is 0 Å². The summed E-state index contributed by atoms with van der Waals surface area (Å²) in [5.74, 6) is 1.61. The largest absolute Gasteiger partial charge is 0.497 e. The van der Waals surface area contributed by atoms with E-state index < -0.39 is 0 Å². The number of methoxy groups -OCH3 is 1. The molecule has 1 aliphatic heterocycles. The zero-order valence-corrected chi connectivity index (χ0v) is 15.9. The summed E-state index contributed by atoms with van der Waals surface area (Å²) >= 11 is 0.